The van der Waals surface area contributed by atoms with Crippen LogP contribution in [0.15, 0.2) is 30.3 Å². The van der Waals surface area contributed by atoms with Gasteiger partial charge in [0.05, 0.1) is 0 Å². The lowest BCUT2D eigenvalue weighted by Crippen LogP contribution is -2.00. The molecule has 1 atom stereocenters. The van der Waals surface area contributed by atoms with E-state index >= 15 is 0 Å². The molecule has 0 N–H and O–H groups in total. The molecule has 1 rings (SSSR count). The van der Waals surface area contributed by atoms with Crippen LogP contribution in [0, 0.1) is 0 Å². The topological polar surface area (TPSA) is 0 Å². The lowest BCUT2D eigenvalue weighted by atomic mass is 9.94. The first kappa shape index (κ1) is 22.6. The summed E-state index contributed by atoms with van der Waals surface area (Å²) in [7, 11) is 0. The zero-order valence-electron chi connectivity index (χ0n) is 16.7. The molecule has 0 spiro atoms. The number of halogens is 1. The van der Waals surface area contributed by atoms with Crippen LogP contribution in [-0.4, -0.2) is 5.88 Å². The highest BCUT2D eigenvalue weighted by Gasteiger charge is 2.09. The third-order valence-corrected chi connectivity index (χ3v) is 5.74. The lowest BCUT2D eigenvalue weighted by Gasteiger charge is -2.14. The van der Waals surface area contributed by atoms with Crippen LogP contribution in [0.3, 0.4) is 0 Å². The number of alkyl halides is 1. The van der Waals surface area contributed by atoms with Gasteiger partial charge in [-0.05, 0) is 17.9 Å². The summed E-state index contributed by atoms with van der Waals surface area (Å²) in [6.07, 6.45) is 21.2. The molecular weight excluding hydrogens is 324 g/mol. The zero-order chi connectivity index (χ0) is 18.0. The Kier molecular flexibility index (Phi) is 15.3. The van der Waals surface area contributed by atoms with Crippen molar-refractivity contribution in [1.82, 2.24) is 0 Å². The Morgan fingerprint density at radius 1 is 0.640 bits per heavy atom. The van der Waals surface area contributed by atoms with Crippen molar-refractivity contribution in [2.24, 2.45) is 0 Å². The minimum atomic E-state index is 0.542. The van der Waals surface area contributed by atoms with E-state index < -0.39 is 0 Å². The van der Waals surface area contributed by atoms with E-state index in [4.69, 9.17) is 11.6 Å². The average Bonchev–Trinajstić information content (AvgIpc) is 2.66. The largest absolute Gasteiger partial charge is 0.126 e. The molecule has 1 unspecified atom stereocenters. The van der Waals surface area contributed by atoms with Crippen LogP contribution in [0.1, 0.15) is 115 Å². The molecule has 0 bridgehead atoms. The van der Waals surface area contributed by atoms with Crippen molar-refractivity contribution in [2.45, 2.75) is 109 Å². The van der Waals surface area contributed by atoms with Crippen molar-refractivity contribution in [3.63, 3.8) is 0 Å². The predicted molar refractivity (Wildman–Crippen MR) is 115 cm³/mol. The first-order valence-corrected chi connectivity index (χ1v) is 11.5. The molecular formula is C24H41Cl. The molecule has 0 fully saturated rings. The zero-order valence-corrected chi connectivity index (χ0v) is 17.4. The highest BCUT2D eigenvalue weighted by atomic mass is 35.5. The summed E-state index contributed by atoms with van der Waals surface area (Å²) in [5.41, 5.74) is 1.41. The second kappa shape index (κ2) is 17.0. The van der Waals surface area contributed by atoms with Crippen LogP contribution >= 0.6 is 11.6 Å². The number of hydrogen-bond donors (Lipinski definition) is 0. The van der Waals surface area contributed by atoms with E-state index in [1.807, 2.05) is 0 Å². The van der Waals surface area contributed by atoms with Gasteiger partial charge in [-0.3, -0.25) is 0 Å². The van der Waals surface area contributed by atoms with Gasteiger partial charge in [-0.2, -0.15) is 0 Å². The molecule has 0 aliphatic carbocycles. The molecule has 1 aromatic rings. The number of hydrogen-bond acceptors (Lipinski definition) is 0. The van der Waals surface area contributed by atoms with Gasteiger partial charge >= 0.3 is 0 Å². The summed E-state index contributed by atoms with van der Waals surface area (Å²) >= 11 is 6.16. The Morgan fingerprint density at radius 2 is 1.08 bits per heavy atom. The molecule has 25 heavy (non-hydrogen) atoms. The second-order valence-corrected chi connectivity index (χ2v) is 7.96. The quantitative estimate of drug-likeness (QED) is 0.191. The molecule has 0 radical (unpaired) electrons. The van der Waals surface area contributed by atoms with Gasteiger partial charge in [0.2, 0.25) is 0 Å². The Bertz CT molecular complexity index is 373. The van der Waals surface area contributed by atoms with E-state index in [1.165, 1.54) is 102 Å². The SMILES string of the molecule is CCCCCCCCCCCCCCCCC(CCl)c1ccccc1. The van der Waals surface area contributed by atoms with Crippen molar-refractivity contribution in [2.75, 3.05) is 5.88 Å². The van der Waals surface area contributed by atoms with Crippen LogP contribution in [0.5, 0.6) is 0 Å². The van der Waals surface area contributed by atoms with Gasteiger partial charge in [0.25, 0.3) is 0 Å². The fourth-order valence-corrected chi connectivity index (χ4v) is 3.98. The first-order chi connectivity index (χ1) is 12.4. The van der Waals surface area contributed by atoms with Gasteiger partial charge < -0.3 is 0 Å². The minimum Gasteiger partial charge on any atom is -0.126 e. The summed E-state index contributed by atoms with van der Waals surface area (Å²) in [6, 6.07) is 10.8. The van der Waals surface area contributed by atoms with Gasteiger partial charge in [0.1, 0.15) is 0 Å². The van der Waals surface area contributed by atoms with Gasteiger partial charge in [-0.1, -0.05) is 127 Å². The molecule has 1 aromatic carbocycles. The van der Waals surface area contributed by atoms with E-state index in [0.717, 1.165) is 5.88 Å². The van der Waals surface area contributed by atoms with Gasteiger partial charge in [-0.15, -0.1) is 11.6 Å². The van der Waals surface area contributed by atoms with Crippen molar-refractivity contribution < 1.29 is 0 Å². The number of unbranched alkanes of at least 4 members (excludes halogenated alkanes) is 13. The average molecular weight is 365 g/mol. The molecule has 0 saturated carbocycles. The number of rotatable bonds is 17. The van der Waals surface area contributed by atoms with Crippen molar-refractivity contribution in [1.29, 1.82) is 0 Å². The monoisotopic (exact) mass is 364 g/mol. The standard InChI is InChI=1S/C24H41Cl/c1-2-3-4-5-6-7-8-9-10-11-12-13-14-16-21-24(22-25)23-19-17-15-18-20-23/h15,17-20,24H,2-14,16,21-22H2,1H3. The normalized spacial score (nSPS) is 12.4. The van der Waals surface area contributed by atoms with E-state index in [2.05, 4.69) is 37.3 Å². The van der Waals surface area contributed by atoms with Crippen LogP contribution < -0.4 is 0 Å². The van der Waals surface area contributed by atoms with Crippen LogP contribution in [0.4, 0.5) is 0 Å². The summed E-state index contributed by atoms with van der Waals surface area (Å²) in [4.78, 5) is 0. The van der Waals surface area contributed by atoms with E-state index in [9.17, 15) is 0 Å². The predicted octanol–water partition coefficient (Wildman–Crippen LogP) is 8.88. The Hall–Kier alpha value is -0.490. The van der Waals surface area contributed by atoms with Gasteiger partial charge in [-0.25, -0.2) is 0 Å². The molecule has 0 aliphatic rings. The maximum absolute atomic E-state index is 6.16. The van der Waals surface area contributed by atoms with Gasteiger partial charge in [0.15, 0.2) is 0 Å². The lowest BCUT2D eigenvalue weighted by molar-refractivity contribution is 0.525. The Morgan fingerprint density at radius 3 is 1.52 bits per heavy atom. The fourth-order valence-electron chi connectivity index (χ4n) is 3.64. The summed E-state index contributed by atoms with van der Waals surface area (Å²) in [6.45, 7) is 2.29. The highest BCUT2D eigenvalue weighted by molar-refractivity contribution is 6.18. The Labute approximate surface area is 162 Å². The second-order valence-electron chi connectivity index (χ2n) is 7.65. The first-order valence-electron chi connectivity index (χ1n) is 11.0. The van der Waals surface area contributed by atoms with Crippen LogP contribution in [0.2, 0.25) is 0 Å². The molecule has 0 heterocycles. The fraction of sp³-hybridized carbons (Fsp3) is 0.750. The van der Waals surface area contributed by atoms with Crippen LogP contribution in [-0.2, 0) is 0 Å². The molecule has 0 aromatic heterocycles. The smallest absolute Gasteiger partial charge is 0.0292 e. The van der Waals surface area contributed by atoms with Crippen molar-refractivity contribution in [3.05, 3.63) is 35.9 Å². The maximum Gasteiger partial charge on any atom is 0.0292 e. The number of benzene rings is 1. The minimum absolute atomic E-state index is 0.542. The molecule has 144 valence electrons. The van der Waals surface area contributed by atoms with E-state index in [0.29, 0.717) is 5.92 Å². The molecule has 0 saturated heterocycles. The molecule has 0 nitrogen and oxygen atoms in total. The van der Waals surface area contributed by atoms with E-state index in [-0.39, 0.29) is 0 Å². The third-order valence-electron chi connectivity index (χ3n) is 5.36. The molecule has 1 heteroatoms. The molecule has 0 amide bonds. The summed E-state index contributed by atoms with van der Waals surface area (Å²) in [5.74, 6) is 1.29. The van der Waals surface area contributed by atoms with Crippen molar-refractivity contribution >= 4 is 11.6 Å². The van der Waals surface area contributed by atoms with Crippen LogP contribution in [0.25, 0.3) is 0 Å². The van der Waals surface area contributed by atoms with Gasteiger partial charge in [0, 0.05) is 5.88 Å². The maximum atomic E-state index is 6.16. The third kappa shape index (κ3) is 12.5. The Balaban J connectivity index is 1.85. The van der Waals surface area contributed by atoms with E-state index in [1.54, 1.807) is 0 Å². The summed E-state index contributed by atoms with van der Waals surface area (Å²) < 4.78 is 0. The van der Waals surface area contributed by atoms with Crippen molar-refractivity contribution in [3.8, 4) is 0 Å². The molecule has 0 aliphatic heterocycles. The summed E-state index contributed by atoms with van der Waals surface area (Å²) in [5, 5.41) is 0. The highest BCUT2D eigenvalue weighted by Crippen LogP contribution is 2.24.